The number of pyridine rings is 1. The third-order valence-electron chi connectivity index (χ3n) is 3.42. The summed E-state index contributed by atoms with van der Waals surface area (Å²) in [4.78, 5) is 35.5. The first-order chi connectivity index (χ1) is 11.1. The number of carbonyl (C=O) groups excluding carboxylic acids is 2. The molecular weight excluding hydrogens is 351 g/mol. The lowest BCUT2D eigenvalue weighted by molar-refractivity contribution is -0.137. The molecule has 1 aromatic carbocycles. The van der Waals surface area contributed by atoms with Crippen LogP contribution >= 0.6 is 11.6 Å². The number of halogens is 4. The summed E-state index contributed by atoms with van der Waals surface area (Å²) in [5.41, 5.74) is 3.03. The Bertz CT molecular complexity index is 966. The number of anilines is 1. The van der Waals surface area contributed by atoms with Gasteiger partial charge in [-0.15, -0.1) is 0 Å². The Balaban J connectivity index is 2.31. The fourth-order valence-electron chi connectivity index (χ4n) is 2.41. The van der Waals surface area contributed by atoms with E-state index in [1.165, 1.54) is 0 Å². The van der Waals surface area contributed by atoms with Crippen molar-refractivity contribution in [3.8, 4) is 5.69 Å². The molecule has 3 N–H and O–H groups in total. The number of carbonyl (C=O) groups is 2. The molecule has 0 atom stereocenters. The monoisotopic (exact) mass is 357 g/mol. The fraction of sp³-hybridized carbons (Fsp3) is 0.0714. The molecule has 2 heterocycles. The van der Waals surface area contributed by atoms with E-state index in [-0.39, 0.29) is 21.8 Å². The predicted molar refractivity (Wildman–Crippen MR) is 78.3 cm³/mol. The smallest absolute Gasteiger partial charge is 0.384 e. The fourth-order valence-corrected chi connectivity index (χ4v) is 2.64. The molecule has 3 rings (SSSR count). The average Bonchev–Trinajstić information content (AvgIpc) is 2.72. The summed E-state index contributed by atoms with van der Waals surface area (Å²) >= 11 is 5.69. The number of fused-ring (bicyclic) bond motifs is 1. The summed E-state index contributed by atoms with van der Waals surface area (Å²) in [5, 5.41) is 1.69. The number of hydrogen-bond donors (Lipinski definition) is 2. The van der Waals surface area contributed by atoms with Gasteiger partial charge in [0.15, 0.2) is 0 Å². The van der Waals surface area contributed by atoms with E-state index in [4.69, 9.17) is 17.3 Å². The van der Waals surface area contributed by atoms with Crippen molar-refractivity contribution in [3.63, 3.8) is 0 Å². The van der Waals surface area contributed by atoms with Gasteiger partial charge < -0.3 is 5.73 Å². The second kappa shape index (κ2) is 5.10. The SMILES string of the molecule is Nc1c2c(cc(=O)n1-c1cc(Cl)cc(C(F)(F)F)c1)C(=O)NC2=O. The molecule has 0 spiro atoms. The van der Waals surface area contributed by atoms with Gasteiger partial charge in [0.05, 0.1) is 22.4 Å². The van der Waals surface area contributed by atoms with Crippen LogP contribution in [0.25, 0.3) is 5.69 Å². The van der Waals surface area contributed by atoms with Crippen LogP contribution in [-0.2, 0) is 6.18 Å². The van der Waals surface area contributed by atoms with Crippen molar-refractivity contribution in [1.82, 2.24) is 9.88 Å². The molecular formula is C14H7ClF3N3O3. The van der Waals surface area contributed by atoms with Crippen molar-refractivity contribution in [1.29, 1.82) is 0 Å². The number of nitrogen functional groups attached to an aromatic ring is 1. The first-order valence-electron chi connectivity index (χ1n) is 6.39. The number of nitrogens with zero attached hydrogens (tertiary/aromatic N) is 1. The highest BCUT2D eigenvalue weighted by atomic mass is 35.5. The Morgan fingerprint density at radius 2 is 1.71 bits per heavy atom. The zero-order valence-electron chi connectivity index (χ0n) is 11.6. The molecule has 0 radical (unpaired) electrons. The first kappa shape index (κ1) is 16.1. The normalized spacial score (nSPS) is 13.8. The zero-order valence-corrected chi connectivity index (χ0v) is 12.3. The largest absolute Gasteiger partial charge is 0.416 e. The number of rotatable bonds is 1. The molecule has 124 valence electrons. The molecule has 0 saturated carbocycles. The van der Waals surface area contributed by atoms with Crippen LogP contribution in [0.5, 0.6) is 0 Å². The second-order valence-electron chi connectivity index (χ2n) is 4.97. The lowest BCUT2D eigenvalue weighted by atomic mass is 10.1. The van der Waals surface area contributed by atoms with Gasteiger partial charge >= 0.3 is 6.18 Å². The van der Waals surface area contributed by atoms with E-state index in [0.29, 0.717) is 16.7 Å². The summed E-state index contributed by atoms with van der Waals surface area (Å²) in [6.45, 7) is 0. The van der Waals surface area contributed by atoms with Gasteiger partial charge in [-0.25, -0.2) is 0 Å². The number of alkyl halides is 3. The van der Waals surface area contributed by atoms with Crippen LogP contribution in [0, 0.1) is 0 Å². The number of hydrogen-bond acceptors (Lipinski definition) is 4. The van der Waals surface area contributed by atoms with Crippen LogP contribution in [0.1, 0.15) is 26.3 Å². The molecule has 10 heteroatoms. The third kappa shape index (κ3) is 2.42. The quantitative estimate of drug-likeness (QED) is 0.763. The average molecular weight is 358 g/mol. The van der Waals surface area contributed by atoms with Gasteiger partial charge in [-0.2, -0.15) is 13.2 Å². The van der Waals surface area contributed by atoms with E-state index in [0.717, 1.165) is 12.1 Å². The predicted octanol–water partition coefficient (Wildman–Crippen LogP) is 1.98. The van der Waals surface area contributed by atoms with E-state index in [1.54, 1.807) is 0 Å². The summed E-state index contributed by atoms with van der Waals surface area (Å²) < 4.78 is 39.4. The van der Waals surface area contributed by atoms with Crippen molar-refractivity contribution in [3.05, 3.63) is 56.3 Å². The van der Waals surface area contributed by atoms with E-state index >= 15 is 0 Å². The summed E-state index contributed by atoms with van der Waals surface area (Å²) in [6.07, 6.45) is -4.69. The Hall–Kier alpha value is -2.81. The minimum Gasteiger partial charge on any atom is -0.384 e. The first-order valence-corrected chi connectivity index (χ1v) is 6.77. The van der Waals surface area contributed by atoms with E-state index in [1.807, 2.05) is 5.32 Å². The molecule has 2 amide bonds. The van der Waals surface area contributed by atoms with Crippen molar-refractivity contribution in [2.24, 2.45) is 0 Å². The van der Waals surface area contributed by atoms with Crippen LogP contribution in [0.4, 0.5) is 19.0 Å². The Labute approximate surface area is 136 Å². The van der Waals surface area contributed by atoms with Crippen molar-refractivity contribution >= 4 is 29.2 Å². The van der Waals surface area contributed by atoms with Gasteiger partial charge in [-0.05, 0) is 18.2 Å². The Morgan fingerprint density at radius 3 is 2.33 bits per heavy atom. The van der Waals surface area contributed by atoms with Crippen molar-refractivity contribution in [2.75, 3.05) is 5.73 Å². The summed E-state index contributed by atoms with van der Waals surface area (Å²) in [5.74, 6) is -2.08. The summed E-state index contributed by atoms with van der Waals surface area (Å²) in [7, 11) is 0. The van der Waals surface area contributed by atoms with Gasteiger partial charge in [-0.1, -0.05) is 11.6 Å². The number of imide groups is 1. The van der Waals surface area contributed by atoms with Gasteiger partial charge in [0, 0.05) is 11.1 Å². The molecule has 0 bridgehead atoms. The number of aromatic nitrogens is 1. The third-order valence-corrected chi connectivity index (χ3v) is 3.64. The van der Waals surface area contributed by atoms with Crippen molar-refractivity contribution in [2.45, 2.75) is 6.18 Å². The van der Waals surface area contributed by atoms with Crippen LogP contribution in [0.15, 0.2) is 29.1 Å². The maximum Gasteiger partial charge on any atom is 0.416 e. The number of benzene rings is 1. The summed E-state index contributed by atoms with van der Waals surface area (Å²) in [6, 6.07) is 3.29. The number of nitrogens with one attached hydrogen (secondary N) is 1. The molecule has 2 aromatic rings. The molecule has 1 aliphatic heterocycles. The maximum absolute atomic E-state index is 12.9. The lowest BCUT2D eigenvalue weighted by Gasteiger charge is -2.14. The maximum atomic E-state index is 12.9. The van der Waals surface area contributed by atoms with Gasteiger partial charge in [0.25, 0.3) is 17.4 Å². The zero-order chi connectivity index (χ0) is 17.8. The highest BCUT2D eigenvalue weighted by Gasteiger charge is 2.34. The highest BCUT2D eigenvalue weighted by Crippen LogP contribution is 2.33. The van der Waals surface area contributed by atoms with Crippen molar-refractivity contribution < 1.29 is 22.8 Å². The molecule has 1 aliphatic rings. The molecule has 0 fully saturated rings. The number of nitrogens with two attached hydrogens (primary N) is 1. The van der Waals surface area contributed by atoms with Crippen LogP contribution in [0.3, 0.4) is 0 Å². The molecule has 1 aromatic heterocycles. The Morgan fingerprint density at radius 1 is 1.04 bits per heavy atom. The second-order valence-corrected chi connectivity index (χ2v) is 5.41. The Kier molecular flexibility index (Phi) is 3.41. The molecule has 24 heavy (non-hydrogen) atoms. The van der Waals surface area contributed by atoms with Gasteiger partial charge in [0.1, 0.15) is 5.82 Å². The molecule has 0 unspecified atom stereocenters. The number of amides is 2. The topological polar surface area (TPSA) is 94.2 Å². The van der Waals surface area contributed by atoms with E-state index in [2.05, 4.69) is 0 Å². The van der Waals surface area contributed by atoms with E-state index < -0.39 is 34.9 Å². The molecule has 0 saturated heterocycles. The van der Waals surface area contributed by atoms with Crippen LogP contribution in [0.2, 0.25) is 5.02 Å². The van der Waals surface area contributed by atoms with Gasteiger partial charge in [0.2, 0.25) is 0 Å². The lowest BCUT2D eigenvalue weighted by Crippen LogP contribution is -2.24. The van der Waals surface area contributed by atoms with Crippen LogP contribution < -0.4 is 16.6 Å². The minimum absolute atomic E-state index is 0.225. The standard InChI is InChI=1S/C14H7ClF3N3O3/c15-6-1-5(14(16,17)18)2-7(3-6)21-9(22)4-8-10(11(21)19)13(24)20-12(8)23/h1-4H,19H2,(H,20,23,24). The van der Waals surface area contributed by atoms with Crippen LogP contribution in [-0.4, -0.2) is 16.4 Å². The molecule has 6 nitrogen and oxygen atoms in total. The highest BCUT2D eigenvalue weighted by molar-refractivity contribution is 6.30. The van der Waals surface area contributed by atoms with Gasteiger partial charge in [-0.3, -0.25) is 24.3 Å². The minimum atomic E-state index is -4.69. The molecule has 0 aliphatic carbocycles. The van der Waals surface area contributed by atoms with E-state index in [9.17, 15) is 27.6 Å².